The molecule has 1 aliphatic carbocycles. The van der Waals surface area contributed by atoms with Crippen LogP contribution in [0.15, 0.2) is 29.3 Å². The van der Waals surface area contributed by atoms with Crippen LogP contribution in [0, 0.1) is 0 Å². The van der Waals surface area contributed by atoms with Crippen molar-refractivity contribution in [2.45, 2.75) is 44.6 Å². The van der Waals surface area contributed by atoms with E-state index in [0.717, 1.165) is 37.1 Å². The van der Waals surface area contributed by atoms with Gasteiger partial charge in [-0.1, -0.05) is 0 Å². The predicted molar refractivity (Wildman–Crippen MR) is 90.7 cm³/mol. The van der Waals surface area contributed by atoms with Crippen molar-refractivity contribution in [3.05, 3.63) is 24.3 Å². The van der Waals surface area contributed by atoms with Crippen LogP contribution in [0.25, 0.3) is 0 Å². The first-order valence-electron chi connectivity index (χ1n) is 8.08. The van der Waals surface area contributed by atoms with Crippen molar-refractivity contribution in [1.29, 1.82) is 0 Å². The monoisotopic (exact) mass is 319 g/mol. The maximum atomic E-state index is 11.7. The van der Waals surface area contributed by atoms with Crippen LogP contribution in [-0.2, 0) is 9.53 Å². The Balaban J connectivity index is 1.64. The van der Waals surface area contributed by atoms with E-state index in [1.165, 1.54) is 0 Å². The highest BCUT2D eigenvalue weighted by atomic mass is 16.5. The summed E-state index contributed by atoms with van der Waals surface area (Å²) >= 11 is 0. The number of esters is 1. The molecule has 1 aromatic rings. The number of aliphatic imine (C=N–C) groups is 1. The lowest BCUT2D eigenvalue weighted by Gasteiger charge is -2.10. The highest BCUT2D eigenvalue weighted by molar-refractivity contribution is 5.92. The second-order valence-electron chi connectivity index (χ2n) is 5.62. The molecular formula is C17H25N3O3. The fourth-order valence-electron chi connectivity index (χ4n) is 2.54. The third-order valence-corrected chi connectivity index (χ3v) is 3.78. The lowest BCUT2D eigenvalue weighted by Crippen LogP contribution is -2.23. The fraction of sp³-hybridized carbons (Fsp3) is 0.529. The van der Waals surface area contributed by atoms with Gasteiger partial charge in [0.25, 0.3) is 0 Å². The van der Waals surface area contributed by atoms with Crippen LogP contribution >= 0.6 is 0 Å². The average molecular weight is 319 g/mol. The first kappa shape index (κ1) is 17.1. The van der Waals surface area contributed by atoms with Crippen LogP contribution in [0.1, 0.15) is 38.5 Å². The van der Waals surface area contributed by atoms with Gasteiger partial charge in [0.15, 0.2) is 5.96 Å². The number of nitrogens with two attached hydrogens (primary N) is 1. The summed E-state index contributed by atoms with van der Waals surface area (Å²) < 4.78 is 10.5. The molecule has 1 aliphatic rings. The molecule has 6 nitrogen and oxygen atoms in total. The number of hydrogen-bond acceptors (Lipinski definition) is 4. The van der Waals surface area contributed by atoms with Gasteiger partial charge in [-0.2, -0.15) is 0 Å². The molecule has 0 radical (unpaired) electrons. The molecule has 2 rings (SSSR count). The van der Waals surface area contributed by atoms with Crippen molar-refractivity contribution >= 4 is 17.6 Å². The number of rotatable bonds is 7. The molecule has 0 spiro atoms. The Hall–Kier alpha value is -2.24. The molecular weight excluding hydrogens is 294 g/mol. The molecule has 3 N–H and O–H groups in total. The minimum absolute atomic E-state index is 0.131. The number of guanidine groups is 1. The molecule has 1 aromatic carbocycles. The van der Waals surface area contributed by atoms with E-state index in [-0.39, 0.29) is 12.1 Å². The Bertz CT molecular complexity index is 522. The summed E-state index contributed by atoms with van der Waals surface area (Å²) in [5, 5.41) is 3.00. The van der Waals surface area contributed by atoms with Crippen LogP contribution < -0.4 is 15.8 Å². The fourth-order valence-corrected chi connectivity index (χ4v) is 2.54. The van der Waals surface area contributed by atoms with E-state index in [4.69, 9.17) is 15.2 Å². The summed E-state index contributed by atoms with van der Waals surface area (Å²) in [5.41, 5.74) is 6.66. The largest absolute Gasteiger partial charge is 0.497 e. The standard InChI is InChI=1S/C17H25N3O3/c1-22-14-10-8-13(9-11-14)20-17(18)19-12-4-7-16(21)23-15-5-2-3-6-15/h8-11,15H,2-7,12H2,1H3,(H3,18,19,20). The predicted octanol–water partition coefficient (Wildman–Crippen LogP) is 2.69. The van der Waals surface area contributed by atoms with Crippen molar-refractivity contribution in [2.75, 3.05) is 19.0 Å². The highest BCUT2D eigenvalue weighted by Gasteiger charge is 2.18. The Morgan fingerprint density at radius 2 is 2.00 bits per heavy atom. The van der Waals surface area contributed by atoms with Gasteiger partial charge in [-0.25, -0.2) is 0 Å². The molecule has 0 atom stereocenters. The molecule has 0 unspecified atom stereocenters. The molecule has 1 saturated carbocycles. The molecule has 1 fully saturated rings. The summed E-state index contributed by atoms with van der Waals surface area (Å²) in [5.74, 6) is 0.986. The van der Waals surface area contributed by atoms with E-state index < -0.39 is 0 Å². The maximum Gasteiger partial charge on any atom is 0.306 e. The third kappa shape index (κ3) is 6.18. The summed E-state index contributed by atoms with van der Waals surface area (Å²) in [6.07, 6.45) is 5.48. The van der Waals surface area contributed by atoms with Crippen LogP contribution in [0.5, 0.6) is 5.75 Å². The highest BCUT2D eigenvalue weighted by Crippen LogP contribution is 2.21. The van der Waals surface area contributed by atoms with Crippen LogP contribution in [-0.4, -0.2) is 31.7 Å². The zero-order valence-electron chi connectivity index (χ0n) is 13.6. The number of nitrogens with one attached hydrogen (secondary N) is 1. The minimum atomic E-state index is -0.131. The molecule has 6 heteroatoms. The Morgan fingerprint density at radius 1 is 1.30 bits per heavy atom. The van der Waals surface area contributed by atoms with Gasteiger partial charge < -0.3 is 20.5 Å². The Morgan fingerprint density at radius 3 is 2.65 bits per heavy atom. The van der Waals surface area contributed by atoms with E-state index >= 15 is 0 Å². The quantitative estimate of drug-likeness (QED) is 0.349. The van der Waals surface area contributed by atoms with Crippen molar-refractivity contribution in [2.24, 2.45) is 10.7 Å². The molecule has 126 valence electrons. The lowest BCUT2D eigenvalue weighted by molar-refractivity contribution is -0.148. The molecule has 0 bridgehead atoms. The number of methoxy groups -OCH3 is 1. The number of carbonyl (C=O) groups is 1. The van der Waals surface area contributed by atoms with E-state index in [9.17, 15) is 4.79 Å². The summed E-state index contributed by atoms with van der Waals surface area (Å²) in [4.78, 5) is 15.9. The van der Waals surface area contributed by atoms with Crippen molar-refractivity contribution < 1.29 is 14.3 Å². The summed E-state index contributed by atoms with van der Waals surface area (Å²) in [7, 11) is 1.62. The maximum absolute atomic E-state index is 11.7. The van der Waals surface area contributed by atoms with Gasteiger partial charge in [0.05, 0.1) is 7.11 Å². The smallest absolute Gasteiger partial charge is 0.306 e. The number of ether oxygens (including phenoxy) is 2. The lowest BCUT2D eigenvalue weighted by atomic mass is 10.3. The van der Waals surface area contributed by atoms with Gasteiger partial charge in [-0.3, -0.25) is 9.79 Å². The second-order valence-corrected chi connectivity index (χ2v) is 5.62. The third-order valence-electron chi connectivity index (χ3n) is 3.78. The molecule has 0 aromatic heterocycles. The minimum Gasteiger partial charge on any atom is -0.497 e. The molecule has 0 aliphatic heterocycles. The molecule has 0 heterocycles. The number of nitrogens with zero attached hydrogens (tertiary/aromatic N) is 1. The first-order valence-corrected chi connectivity index (χ1v) is 8.08. The number of hydrogen-bond donors (Lipinski definition) is 2. The van der Waals surface area contributed by atoms with Crippen LogP contribution in [0.3, 0.4) is 0 Å². The van der Waals surface area contributed by atoms with E-state index in [1.807, 2.05) is 24.3 Å². The van der Waals surface area contributed by atoms with Gasteiger partial charge in [-0.15, -0.1) is 0 Å². The van der Waals surface area contributed by atoms with Crippen molar-refractivity contribution in [3.63, 3.8) is 0 Å². The Labute approximate surface area is 137 Å². The Kier molecular flexibility index (Phi) is 6.72. The first-order chi connectivity index (χ1) is 11.2. The van der Waals surface area contributed by atoms with Crippen LogP contribution in [0.2, 0.25) is 0 Å². The number of carbonyl (C=O) groups excluding carboxylic acids is 1. The molecule has 23 heavy (non-hydrogen) atoms. The number of benzene rings is 1. The van der Waals surface area contributed by atoms with Gasteiger partial charge in [0.1, 0.15) is 11.9 Å². The van der Waals surface area contributed by atoms with Gasteiger partial charge in [0.2, 0.25) is 0 Å². The van der Waals surface area contributed by atoms with Crippen molar-refractivity contribution in [3.8, 4) is 5.75 Å². The normalized spacial score (nSPS) is 15.4. The van der Waals surface area contributed by atoms with E-state index in [0.29, 0.717) is 25.3 Å². The average Bonchev–Trinajstić information content (AvgIpc) is 3.05. The van der Waals surface area contributed by atoms with E-state index in [2.05, 4.69) is 10.3 Å². The number of anilines is 1. The SMILES string of the molecule is COc1ccc(NC(N)=NCCCC(=O)OC2CCCC2)cc1. The molecule has 0 amide bonds. The van der Waals surface area contributed by atoms with E-state index in [1.54, 1.807) is 7.11 Å². The van der Waals surface area contributed by atoms with Gasteiger partial charge in [0, 0.05) is 18.7 Å². The topological polar surface area (TPSA) is 85.9 Å². The zero-order chi connectivity index (χ0) is 16.5. The summed E-state index contributed by atoms with van der Waals surface area (Å²) in [6.45, 7) is 0.495. The molecule has 0 saturated heterocycles. The second kappa shape index (κ2) is 9.02. The summed E-state index contributed by atoms with van der Waals surface area (Å²) in [6, 6.07) is 7.41. The van der Waals surface area contributed by atoms with Crippen molar-refractivity contribution in [1.82, 2.24) is 0 Å². The van der Waals surface area contributed by atoms with Gasteiger partial charge in [-0.05, 0) is 56.4 Å². The van der Waals surface area contributed by atoms with Crippen LogP contribution in [0.4, 0.5) is 5.69 Å². The van der Waals surface area contributed by atoms with Gasteiger partial charge >= 0.3 is 5.97 Å². The zero-order valence-corrected chi connectivity index (χ0v) is 13.6.